The maximum absolute atomic E-state index is 10.8. The van der Waals surface area contributed by atoms with E-state index in [0.717, 1.165) is 6.42 Å². The smallest absolute Gasteiger partial charge is 0.304 e. The van der Waals surface area contributed by atoms with Crippen molar-refractivity contribution in [2.75, 3.05) is 13.6 Å². The molecule has 0 unspecified atom stereocenters. The lowest BCUT2D eigenvalue weighted by atomic mass is 9.90. The van der Waals surface area contributed by atoms with Crippen LogP contribution in [-0.4, -0.2) is 47.7 Å². The number of hydrogen-bond donors (Lipinski definition) is 2. The lowest BCUT2D eigenvalue weighted by Gasteiger charge is -2.35. The summed E-state index contributed by atoms with van der Waals surface area (Å²) in [5.41, 5.74) is 2.88. The summed E-state index contributed by atoms with van der Waals surface area (Å²) in [6, 6.07) is 12.5. The third-order valence-corrected chi connectivity index (χ3v) is 6.27. The third kappa shape index (κ3) is 5.91. The summed E-state index contributed by atoms with van der Waals surface area (Å²) in [6.07, 6.45) is 9.76. The van der Waals surface area contributed by atoms with Crippen LogP contribution in [0.4, 0.5) is 0 Å². The molecule has 1 aromatic carbocycles. The number of hydrogen-bond acceptors (Lipinski definition) is 3. The molecule has 4 heteroatoms. The second-order valence-electron chi connectivity index (χ2n) is 8.23. The molecule has 148 valence electrons. The SMILES string of the molecule is CC/C(=C\c1ccccc1)[C@@H]1C[C@H]1N[C@H]1CC[C@@H](N(C)CCC(=O)O)CC1. The van der Waals surface area contributed by atoms with Gasteiger partial charge in [0.2, 0.25) is 0 Å². The van der Waals surface area contributed by atoms with Crippen LogP contribution in [0.15, 0.2) is 35.9 Å². The van der Waals surface area contributed by atoms with Crippen molar-refractivity contribution in [2.45, 2.75) is 70.0 Å². The minimum Gasteiger partial charge on any atom is -0.481 e. The predicted octanol–water partition coefficient (Wildman–Crippen LogP) is 4.18. The number of aliphatic carboxylic acids is 1. The summed E-state index contributed by atoms with van der Waals surface area (Å²) in [5.74, 6) is -0.00145. The van der Waals surface area contributed by atoms with Gasteiger partial charge < -0.3 is 15.3 Å². The second kappa shape index (κ2) is 9.52. The van der Waals surface area contributed by atoms with Crippen molar-refractivity contribution < 1.29 is 9.90 Å². The number of nitrogens with zero attached hydrogens (tertiary/aromatic N) is 1. The lowest BCUT2D eigenvalue weighted by molar-refractivity contribution is -0.137. The average Bonchev–Trinajstić information content (AvgIpc) is 3.44. The minimum absolute atomic E-state index is 0.242. The Labute approximate surface area is 163 Å². The fraction of sp³-hybridized carbons (Fsp3) is 0.609. The molecule has 0 spiro atoms. The summed E-state index contributed by atoms with van der Waals surface area (Å²) in [7, 11) is 2.07. The summed E-state index contributed by atoms with van der Waals surface area (Å²) in [5, 5.41) is 12.8. The highest BCUT2D eigenvalue weighted by molar-refractivity contribution is 5.66. The fourth-order valence-corrected chi connectivity index (χ4v) is 4.46. The van der Waals surface area contributed by atoms with Gasteiger partial charge in [-0.1, -0.05) is 48.9 Å². The first kappa shape index (κ1) is 20.1. The molecule has 0 aliphatic heterocycles. The fourth-order valence-electron chi connectivity index (χ4n) is 4.46. The zero-order valence-electron chi connectivity index (χ0n) is 16.7. The van der Waals surface area contributed by atoms with Crippen molar-refractivity contribution in [2.24, 2.45) is 5.92 Å². The lowest BCUT2D eigenvalue weighted by Crippen LogP contribution is -2.42. The van der Waals surface area contributed by atoms with Gasteiger partial charge in [0.05, 0.1) is 6.42 Å². The number of nitrogens with one attached hydrogen (secondary N) is 1. The van der Waals surface area contributed by atoms with Crippen LogP contribution in [0.25, 0.3) is 6.08 Å². The molecular formula is C23H34N2O2. The van der Waals surface area contributed by atoms with Crippen molar-refractivity contribution in [3.8, 4) is 0 Å². The molecule has 27 heavy (non-hydrogen) atoms. The van der Waals surface area contributed by atoms with Gasteiger partial charge in [-0.25, -0.2) is 0 Å². The van der Waals surface area contributed by atoms with E-state index in [1.807, 2.05) is 0 Å². The molecule has 2 N–H and O–H groups in total. The number of carboxylic acid groups (broad SMARTS) is 1. The van der Waals surface area contributed by atoms with Gasteiger partial charge in [0.1, 0.15) is 0 Å². The maximum Gasteiger partial charge on any atom is 0.304 e. The van der Waals surface area contributed by atoms with Crippen molar-refractivity contribution in [1.82, 2.24) is 10.2 Å². The van der Waals surface area contributed by atoms with Gasteiger partial charge in [-0.3, -0.25) is 4.79 Å². The Hall–Kier alpha value is -1.65. The summed E-state index contributed by atoms with van der Waals surface area (Å²) < 4.78 is 0. The molecule has 0 heterocycles. The van der Waals surface area contributed by atoms with Gasteiger partial charge in [0.25, 0.3) is 0 Å². The van der Waals surface area contributed by atoms with E-state index in [2.05, 4.69) is 60.6 Å². The highest BCUT2D eigenvalue weighted by atomic mass is 16.4. The summed E-state index contributed by atoms with van der Waals surface area (Å²) >= 11 is 0. The molecule has 3 rings (SSSR count). The van der Waals surface area contributed by atoms with E-state index in [0.29, 0.717) is 30.6 Å². The normalized spacial score (nSPS) is 28.3. The van der Waals surface area contributed by atoms with Crippen molar-refractivity contribution >= 4 is 12.0 Å². The van der Waals surface area contributed by atoms with Crippen LogP contribution in [0, 0.1) is 5.92 Å². The Kier molecular flexibility index (Phi) is 7.08. The van der Waals surface area contributed by atoms with Crippen LogP contribution in [-0.2, 0) is 4.79 Å². The first-order chi connectivity index (χ1) is 13.1. The predicted molar refractivity (Wildman–Crippen MR) is 111 cm³/mol. The van der Waals surface area contributed by atoms with Crippen LogP contribution in [0.1, 0.15) is 57.4 Å². The molecule has 0 aromatic heterocycles. The van der Waals surface area contributed by atoms with Crippen LogP contribution < -0.4 is 5.32 Å². The zero-order chi connectivity index (χ0) is 19.2. The molecule has 0 radical (unpaired) electrons. The molecule has 2 atom stereocenters. The molecular weight excluding hydrogens is 336 g/mol. The Bertz CT molecular complexity index is 635. The van der Waals surface area contributed by atoms with Gasteiger partial charge in [-0.15, -0.1) is 0 Å². The van der Waals surface area contributed by atoms with Gasteiger partial charge >= 0.3 is 5.97 Å². The van der Waals surface area contributed by atoms with Crippen LogP contribution in [0.3, 0.4) is 0 Å². The Morgan fingerprint density at radius 2 is 1.93 bits per heavy atom. The van der Waals surface area contributed by atoms with Gasteiger partial charge in [0, 0.05) is 24.7 Å². The summed E-state index contributed by atoms with van der Waals surface area (Å²) in [4.78, 5) is 13.0. The topological polar surface area (TPSA) is 52.6 Å². The maximum atomic E-state index is 10.8. The Morgan fingerprint density at radius 1 is 1.22 bits per heavy atom. The number of carbonyl (C=O) groups is 1. The molecule has 2 fully saturated rings. The summed E-state index contributed by atoms with van der Waals surface area (Å²) in [6.45, 7) is 2.93. The zero-order valence-corrected chi connectivity index (χ0v) is 16.7. The largest absolute Gasteiger partial charge is 0.481 e. The average molecular weight is 371 g/mol. The molecule has 1 aromatic rings. The first-order valence-electron chi connectivity index (χ1n) is 10.5. The Balaban J connectivity index is 1.43. The standard InChI is InChI=1S/C23H34N2O2/c1-3-18(15-17-7-5-4-6-8-17)21-16-22(21)24-19-9-11-20(12-10-19)25(2)14-13-23(26)27/h4-8,15,19-22,24H,3,9-14,16H2,1-2H3,(H,26,27)/b18-15+/t19-,20+,21-,22+/m0/s1. The van der Waals surface area contributed by atoms with Crippen molar-refractivity contribution in [3.63, 3.8) is 0 Å². The third-order valence-electron chi connectivity index (χ3n) is 6.27. The van der Waals surface area contributed by atoms with Gasteiger partial charge in [-0.05, 0) is 57.1 Å². The number of rotatable bonds is 9. The molecule has 0 saturated heterocycles. The molecule has 0 bridgehead atoms. The quantitative estimate of drug-likeness (QED) is 0.685. The number of carboxylic acids is 1. The van der Waals surface area contributed by atoms with E-state index < -0.39 is 5.97 Å². The molecule has 2 aliphatic carbocycles. The van der Waals surface area contributed by atoms with E-state index in [4.69, 9.17) is 5.11 Å². The van der Waals surface area contributed by atoms with Crippen molar-refractivity contribution in [1.29, 1.82) is 0 Å². The first-order valence-corrected chi connectivity index (χ1v) is 10.5. The van der Waals surface area contributed by atoms with Crippen molar-refractivity contribution in [3.05, 3.63) is 41.5 Å². The monoisotopic (exact) mass is 370 g/mol. The van der Waals surface area contributed by atoms with Crippen LogP contribution in [0.5, 0.6) is 0 Å². The highest BCUT2D eigenvalue weighted by Crippen LogP contribution is 2.40. The van der Waals surface area contributed by atoms with Gasteiger partial charge in [0.15, 0.2) is 0 Å². The Morgan fingerprint density at radius 3 is 2.56 bits per heavy atom. The molecule has 2 aliphatic rings. The molecule has 4 nitrogen and oxygen atoms in total. The van der Waals surface area contributed by atoms with E-state index in [1.165, 1.54) is 37.7 Å². The highest BCUT2D eigenvalue weighted by Gasteiger charge is 2.40. The van der Waals surface area contributed by atoms with Gasteiger partial charge in [-0.2, -0.15) is 0 Å². The van der Waals surface area contributed by atoms with E-state index >= 15 is 0 Å². The number of benzene rings is 1. The molecule has 2 saturated carbocycles. The van der Waals surface area contributed by atoms with Crippen LogP contribution in [0.2, 0.25) is 0 Å². The molecule has 0 amide bonds. The minimum atomic E-state index is -0.702. The van der Waals surface area contributed by atoms with E-state index in [1.54, 1.807) is 5.57 Å². The second-order valence-corrected chi connectivity index (χ2v) is 8.23. The van der Waals surface area contributed by atoms with E-state index in [9.17, 15) is 4.79 Å². The van der Waals surface area contributed by atoms with E-state index in [-0.39, 0.29) is 6.42 Å². The van der Waals surface area contributed by atoms with Crippen LogP contribution >= 0.6 is 0 Å².